The molecule has 2 N–H and O–H groups in total. The van der Waals surface area contributed by atoms with Gasteiger partial charge in [0.2, 0.25) is 0 Å². The van der Waals surface area contributed by atoms with Gasteiger partial charge in [0, 0.05) is 19.1 Å². The molecular weight excluding hydrogens is 228 g/mol. The number of piperidine rings is 1. The lowest BCUT2D eigenvalue weighted by atomic mass is 10.0. The molecule has 16 heavy (non-hydrogen) atoms. The van der Waals surface area contributed by atoms with Crippen molar-refractivity contribution in [3.8, 4) is 0 Å². The highest BCUT2D eigenvalue weighted by Crippen LogP contribution is 2.22. The van der Waals surface area contributed by atoms with Crippen LogP contribution in [0.15, 0.2) is 0 Å². The zero-order valence-electron chi connectivity index (χ0n) is 9.59. The van der Waals surface area contributed by atoms with Crippen molar-refractivity contribution in [2.75, 3.05) is 31.6 Å². The van der Waals surface area contributed by atoms with Crippen molar-refractivity contribution in [1.82, 2.24) is 10.2 Å². The fourth-order valence-electron chi connectivity index (χ4n) is 2.68. The molecular formula is C10H20N2O3S. The molecule has 2 rings (SSSR count). The first kappa shape index (κ1) is 12.3. The van der Waals surface area contributed by atoms with Crippen molar-refractivity contribution in [3.63, 3.8) is 0 Å². The molecule has 0 bridgehead atoms. The maximum atomic E-state index is 11.4. The van der Waals surface area contributed by atoms with Crippen molar-refractivity contribution in [1.29, 1.82) is 0 Å². The average molecular weight is 248 g/mol. The van der Waals surface area contributed by atoms with Gasteiger partial charge in [-0.15, -0.1) is 0 Å². The molecule has 2 unspecified atom stereocenters. The van der Waals surface area contributed by atoms with Crippen molar-refractivity contribution in [3.05, 3.63) is 0 Å². The smallest absolute Gasteiger partial charge is 0.154 e. The second-order valence-electron chi connectivity index (χ2n) is 4.81. The highest BCUT2D eigenvalue weighted by molar-refractivity contribution is 7.91. The highest BCUT2D eigenvalue weighted by Gasteiger charge is 2.40. The molecule has 2 aliphatic rings. The van der Waals surface area contributed by atoms with Gasteiger partial charge in [0.05, 0.1) is 23.7 Å². The molecule has 0 radical (unpaired) electrons. The Balaban J connectivity index is 1.95. The molecule has 5 nitrogen and oxygen atoms in total. The maximum Gasteiger partial charge on any atom is 0.154 e. The lowest BCUT2D eigenvalue weighted by Gasteiger charge is -2.36. The maximum absolute atomic E-state index is 11.4. The molecule has 0 amide bonds. The molecule has 2 atom stereocenters. The Kier molecular flexibility index (Phi) is 3.53. The fourth-order valence-corrected chi connectivity index (χ4v) is 4.51. The number of hydrogen-bond acceptors (Lipinski definition) is 5. The summed E-state index contributed by atoms with van der Waals surface area (Å²) in [6, 6.07) is 0.356. The number of nitrogens with zero attached hydrogens (tertiary/aromatic N) is 1. The fraction of sp³-hybridized carbons (Fsp3) is 1.00. The minimum absolute atomic E-state index is 0.0659. The Bertz CT molecular complexity index is 336. The van der Waals surface area contributed by atoms with E-state index in [1.807, 2.05) is 7.05 Å². The van der Waals surface area contributed by atoms with Crippen molar-refractivity contribution in [2.24, 2.45) is 0 Å². The summed E-state index contributed by atoms with van der Waals surface area (Å²) in [4.78, 5) is 2.13. The van der Waals surface area contributed by atoms with Crippen LogP contribution in [0.2, 0.25) is 0 Å². The molecule has 0 aromatic heterocycles. The first-order valence-electron chi connectivity index (χ1n) is 5.81. The molecule has 2 saturated heterocycles. The summed E-state index contributed by atoms with van der Waals surface area (Å²) in [5.74, 6) is 0.0575. The molecule has 0 saturated carbocycles. The van der Waals surface area contributed by atoms with Crippen LogP contribution in [0.1, 0.15) is 12.8 Å². The largest absolute Gasteiger partial charge is 0.390 e. The van der Waals surface area contributed by atoms with Crippen LogP contribution in [0.3, 0.4) is 0 Å². The monoisotopic (exact) mass is 248 g/mol. The Hall–Kier alpha value is -0.170. The van der Waals surface area contributed by atoms with E-state index in [-0.39, 0.29) is 17.5 Å². The van der Waals surface area contributed by atoms with Crippen LogP contribution in [0.5, 0.6) is 0 Å². The van der Waals surface area contributed by atoms with Gasteiger partial charge in [0.15, 0.2) is 9.84 Å². The number of nitrogens with one attached hydrogen (secondary N) is 1. The van der Waals surface area contributed by atoms with E-state index >= 15 is 0 Å². The van der Waals surface area contributed by atoms with Crippen LogP contribution in [-0.2, 0) is 9.84 Å². The van der Waals surface area contributed by atoms with E-state index in [0.29, 0.717) is 6.04 Å². The van der Waals surface area contributed by atoms with Crippen LogP contribution < -0.4 is 5.32 Å². The molecule has 0 aliphatic carbocycles. The van der Waals surface area contributed by atoms with E-state index in [4.69, 9.17) is 0 Å². The van der Waals surface area contributed by atoms with Crippen molar-refractivity contribution in [2.45, 2.75) is 31.0 Å². The molecule has 2 heterocycles. The van der Waals surface area contributed by atoms with Gasteiger partial charge in [-0.3, -0.25) is 4.90 Å². The summed E-state index contributed by atoms with van der Waals surface area (Å²) in [5.41, 5.74) is 0. The third-order valence-corrected chi connectivity index (χ3v) is 5.40. The summed E-state index contributed by atoms with van der Waals surface area (Å²) in [6.07, 6.45) is 1.36. The minimum atomic E-state index is -3.02. The van der Waals surface area contributed by atoms with E-state index in [9.17, 15) is 13.5 Å². The zero-order chi connectivity index (χ0) is 11.8. The van der Waals surface area contributed by atoms with Crippen LogP contribution in [0, 0.1) is 0 Å². The van der Waals surface area contributed by atoms with E-state index in [1.54, 1.807) is 0 Å². The van der Waals surface area contributed by atoms with Gasteiger partial charge in [0.25, 0.3) is 0 Å². The predicted molar refractivity (Wildman–Crippen MR) is 62.1 cm³/mol. The summed E-state index contributed by atoms with van der Waals surface area (Å²) in [7, 11) is -1.07. The van der Waals surface area contributed by atoms with Crippen LogP contribution in [0.25, 0.3) is 0 Å². The molecule has 0 aromatic rings. The van der Waals surface area contributed by atoms with Crippen LogP contribution >= 0.6 is 0 Å². The Morgan fingerprint density at radius 2 is 1.88 bits per heavy atom. The summed E-state index contributed by atoms with van der Waals surface area (Å²) in [6.45, 7) is 1.76. The predicted octanol–water partition coefficient (Wildman–Crippen LogP) is -1.17. The lowest BCUT2D eigenvalue weighted by molar-refractivity contribution is 0.0644. The van der Waals surface area contributed by atoms with E-state index in [2.05, 4.69) is 10.2 Å². The quantitative estimate of drug-likeness (QED) is 0.644. The Morgan fingerprint density at radius 1 is 1.25 bits per heavy atom. The SMILES string of the molecule is CNC1CCN(C2CS(=O)(=O)CC2O)CC1. The first-order chi connectivity index (χ1) is 7.52. The number of sulfone groups is 1. The molecule has 94 valence electrons. The number of aliphatic hydroxyl groups is 1. The van der Waals surface area contributed by atoms with E-state index < -0.39 is 15.9 Å². The van der Waals surface area contributed by atoms with Crippen LogP contribution in [-0.4, -0.2) is 68.3 Å². The van der Waals surface area contributed by atoms with Gasteiger partial charge in [-0.25, -0.2) is 8.42 Å². The molecule has 0 aromatic carbocycles. The van der Waals surface area contributed by atoms with E-state index in [0.717, 1.165) is 25.9 Å². The molecule has 6 heteroatoms. The standard InChI is InChI=1S/C10H20N2O3S/c1-11-8-2-4-12(5-3-8)9-6-16(14,15)7-10(9)13/h8-11,13H,2-7H2,1H3. The van der Waals surface area contributed by atoms with Crippen molar-refractivity contribution < 1.29 is 13.5 Å². The normalized spacial score (nSPS) is 36.6. The molecule has 0 spiro atoms. The van der Waals surface area contributed by atoms with Crippen LogP contribution in [0.4, 0.5) is 0 Å². The minimum Gasteiger partial charge on any atom is -0.390 e. The average Bonchev–Trinajstić information content (AvgIpc) is 2.52. The summed E-state index contributed by atoms with van der Waals surface area (Å²) in [5, 5.41) is 13.0. The topological polar surface area (TPSA) is 69.6 Å². The second kappa shape index (κ2) is 4.60. The van der Waals surface area contributed by atoms with Gasteiger partial charge < -0.3 is 10.4 Å². The third kappa shape index (κ3) is 2.56. The Labute approximate surface area is 96.7 Å². The number of hydrogen-bond donors (Lipinski definition) is 2. The number of likely N-dealkylation sites (tertiary alicyclic amines) is 1. The Morgan fingerprint density at radius 3 is 2.31 bits per heavy atom. The first-order valence-corrected chi connectivity index (χ1v) is 7.64. The van der Waals surface area contributed by atoms with E-state index in [1.165, 1.54) is 0 Å². The van der Waals surface area contributed by atoms with Gasteiger partial charge in [0.1, 0.15) is 0 Å². The third-order valence-electron chi connectivity index (χ3n) is 3.70. The van der Waals surface area contributed by atoms with Gasteiger partial charge in [-0.05, 0) is 19.9 Å². The summed E-state index contributed by atoms with van der Waals surface area (Å²) < 4.78 is 22.8. The van der Waals surface area contributed by atoms with Gasteiger partial charge in [-0.2, -0.15) is 0 Å². The second-order valence-corrected chi connectivity index (χ2v) is 6.96. The highest BCUT2D eigenvalue weighted by atomic mass is 32.2. The number of rotatable bonds is 2. The number of aliphatic hydroxyl groups excluding tert-OH is 1. The zero-order valence-corrected chi connectivity index (χ0v) is 10.4. The van der Waals surface area contributed by atoms with Gasteiger partial charge in [-0.1, -0.05) is 0 Å². The lowest BCUT2D eigenvalue weighted by Crippen LogP contribution is -2.49. The summed E-state index contributed by atoms with van der Waals surface area (Å²) >= 11 is 0. The van der Waals surface area contributed by atoms with Gasteiger partial charge >= 0.3 is 0 Å². The van der Waals surface area contributed by atoms with Crippen molar-refractivity contribution >= 4 is 9.84 Å². The molecule has 2 aliphatic heterocycles. The molecule has 2 fully saturated rings.